The second kappa shape index (κ2) is 7.98. The molecule has 1 unspecified atom stereocenters. The highest BCUT2D eigenvalue weighted by Gasteiger charge is 2.15. The highest BCUT2D eigenvalue weighted by molar-refractivity contribution is 7.14. The van der Waals surface area contributed by atoms with Crippen molar-refractivity contribution >= 4 is 34.0 Å². The molecule has 3 N–H and O–H groups in total. The molecule has 0 saturated carbocycles. The maximum atomic E-state index is 14.2. The molecule has 0 saturated heterocycles. The normalized spacial score (nSPS) is 11.8. The highest BCUT2D eigenvalue weighted by atomic mass is 32.1. The fourth-order valence-corrected chi connectivity index (χ4v) is 2.80. The Balaban J connectivity index is 2.13. The van der Waals surface area contributed by atoms with Crippen LogP contribution in [0, 0.1) is 11.7 Å². The van der Waals surface area contributed by atoms with Gasteiger partial charge in [0.05, 0.1) is 5.69 Å². The number of benzene rings is 1. The van der Waals surface area contributed by atoms with E-state index < -0.39 is 5.82 Å². The van der Waals surface area contributed by atoms with Gasteiger partial charge >= 0.3 is 0 Å². The SMILES string of the molecule is CNCC(C)C(=O)Nc1nc(-c2ccc(NC(C)=O)cc2F)cs1. The van der Waals surface area contributed by atoms with Crippen LogP contribution in [0.15, 0.2) is 23.6 Å². The van der Waals surface area contributed by atoms with E-state index in [1.807, 2.05) is 0 Å². The van der Waals surface area contributed by atoms with Crippen LogP contribution in [0.1, 0.15) is 13.8 Å². The van der Waals surface area contributed by atoms with Gasteiger partial charge in [-0.2, -0.15) is 0 Å². The Labute approximate surface area is 143 Å². The van der Waals surface area contributed by atoms with Gasteiger partial charge in [-0.05, 0) is 25.2 Å². The number of rotatable bonds is 6. The summed E-state index contributed by atoms with van der Waals surface area (Å²) in [6, 6.07) is 4.39. The maximum absolute atomic E-state index is 14.2. The zero-order valence-electron chi connectivity index (χ0n) is 13.6. The molecule has 1 atom stereocenters. The van der Waals surface area contributed by atoms with Crippen LogP contribution in [0.4, 0.5) is 15.2 Å². The summed E-state index contributed by atoms with van der Waals surface area (Å²) in [5.41, 5.74) is 1.13. The number of amides is 2. The Morgan fingerprint density at radius 1 is 1.33 bits per heavy atom. The first-order valence-corrected chi connectivity index (χ1v) is 8.27. The van der Waals surface area contributed by atoms with E-state index in [-0.39, 0.29) is 17.7 Å². The molecule has 0 aliphatic heterocycles. The lowest BCUT2D eigenvalue weighted by Gasteiger charge is -2.09. The molecule has 0 radical (unpaired) electrons. The molecular formula is C16H19FN4O2S. The van der Waals surface area contributed by atoms with E-state index in [0.29, 0.717) is 28.6 Å². The number of nitrogens with zero attached hydrogens (tertiary/aromatic N) is 1. The Kier molecular flexibility index (Phi) is 5.99. The minimum atomic E-state index is -0.493. The van der Waals surface area contributed by atoms with Crippen LogP contribution in [0.3, 0.4) is 0 Å². The van der Waals surface area contributed by atoms with E-state index in [2.05, 4.69) is 20.9 Å². The van der Waals surface area contributed by atoms with Crippen LogP contribution in [0.5, 0.6) is 0 Å². The van der Waals surface area contributed by atoms with Gasteiger partial charge in [0, 0.05) is 36.0 Å². The van der Waals surface area contributed by atoms with Crippen LogP contribution < -0.4 is 16.0 Å². The second-order valence-corrected chi connectivity index (χ2v) is 6.22. The average Bonchev–Trinajstić information content (AvgIpc) is 2.95. The van der Waals surface area contributed by atoms with Gasteiger partial charge in [-0.3, -0.25) is 9.59 Å². The fourth-order valence-electron chi connectivity index (χ4n) is 2.09. The first-order valence-electron chi connectivity index (χ1n) is 7.39. The molecule has 128 valence electrons. The summed E-state index contributed by atoms with van der Waals surface area (Å²) in [5.74, 6) is -1.10. The molecule has 1 heterocycles. The van der Waals surface area contributed by atoms with Gasteiger partial charge in [0.25, 0.3) is 0 Å². The minimum absolute atomic E-state index is 0.147. The number of carbonyl (C=O) groups is 2. The summed E-state index contributed by atoms with van der Waals surface area (Å²) in [4.78, 5) is 27.2. The van der Waals surface area contributed by atoms with Crippen molar-refractivity contribution in [2.45, 2.75) is 13.8 Å². The predicted octanol–water partition coefficient (Wildman–Crippen LogP) is 2.70. The number of aromatic nitrogens is 1. The van der Waals surface area contributed by atoms with Crippen LogP contribution in [0.25, 0.3) is 11.3 Å². The standard InChI is InChI=1S/C16H19FN4O2S/c1-9(7-18-3)15(23)21-16-20-14(8-24-16)12-5-4-11(6-13(12)17)19-10(2)22/h4-6,8-9,18H,7H2,1-3H3,(H,19,22)(H,20,21,23). The van der Waals surface area contributed by atoms with E-state index in [4.69, 9.17) is 0 Å². The summed E-state index contributed by atoms with van der Waals surface area (Å²) in [6.45, 7) is 3.72. The van der Waals surface area contributed by atoms with E-state index in [1.54, 1.807) is 31.5 Å². The van der Waals surface area contributed by atoms with Crippen LogP contribution in [0.2, 0.25) is 0 Å². The molecule has 2 aromatic rings. The van der Waals surface area contributed by atoms with Crippen LogP contribution in [-0.4, -0.2) is 30.4 Å². The Morgan fingerprint density at radius 2 is 2.08 bits per heavy atom. The van der Waals surface area contributed by atoms with Gasteiger partial charge < -0.3 is 16.0 Å². The predicted molar refractivity (Wildman–Crippen MR) is 93.5 cm³/mol. The third-order valence-electron chi connectivity index (χ3n) is 3.26. The molecule has 1 aromatic carbocycles. The van der Waals surface area contributed by atoms with Gasteiger partial charge in [-0.25, -0.2) is 9.37 Å². The number of thiazole rings is 1. The van der Waals surface area contributed by atoms with Crippen molar-refractivity contribution in [1.29, 1.82) is 0 Å². The number of anilines is 2. The van der Waals surface area contributed by atoms with Gasteiger partial charge in [0.2, 0.25) is 11.8 Å². The molecule has 2 amide bonds. The number of nitrogens with one attached hydrogen (secondary N) is 3. The third kappa shape index (κ3) is 4.59. The van der Waals surface area contributed by atoms with Crippen molar-refractivity contribution in [3.8, 4) is 11.3 Å². The molecule has 6 nitrogen and oxygen atoms in total. The molecule has 0 bridgehead atoms. The smallest absolute Gasteiger partial charge is 0.230 e. The van der Waals surface area contributed by atoms with Crippen molar-refractivity contribution in [1.82, 2.24) is 10.3 Å². The summed E-state index contributed by atoms with van der Waals surface area (Å²) in [7, 11) is 1.78. The summed E-state index contributed by atoms with van der Waals surface area (Å²) < 4.78 is 14.2. The highest BCUT2D eigenvalue weighted by Crippen LogP contribution is 2.28. The van der Waals surface area contributed by atoms with Gasteiger partial charge in [0.15, 0.2) is 5.13 Å². The average molecular weight is 350 g/mol. The van der Waals surface area contributed by atoms with Crippen molar-refractivity contribution in [2.24, 2.45) is 5.92 Å². The molecule has 1 aromatic heterocycles. The van der Waals surface area contributed by atoms with Crippen molar-refractivity contribution in [3.05, 3.63) is 29.4 Å². The van der Waals surface area contributed by atoms with Gasteiger partial charge in [0.1, 0.15) is 5.82 Å². The van der Waals surface area contributed by atoms with E-state index >= 15 is 0 Å². The monoisotopic (exact) mass is 350 g/mol. The molecule has 0 aliphatic carbocycles. The van der Waals surface area contributed by atoms with Gasteiger partial charge in [-0.1, -0.05) is 6.92 Å². The number of hydrogen-bond donors (Lipinski definition) is 3. The number of carbonyl (C=O) groups excluding carboxylic acids is 2. The summed E-state index contributed by atoms with van der Waals surface area (Å²) >= 11 is 1.23. The van der Waals surface area contributed by atoms with E-state index in [1.165, 1.54) is 24.3 Å². The summed E-state index contributed by atoms with van der Waals surface area (Å²) in [6.07, 6.45) is 0. The minimum Gasteiger partial charge on any atom is -0.326 e. The molecular weight excluding hydrogens is 331 g/mol. The number of halogens is 1. The maximum Gasteiger partial charge on any atom is 0.230 e. The lowest BCUT2D eigenvalue weighted by molar-refractivity contribution is -0.119. The Morgan fingerprint density at radius 3 is 2.71 bits per heavy atom. The molecule has 24 heavy (non-hydrogen) atoms. The van der Waals surface area contributed by atoms with Gasteiger partial charge in [-0.15, -0.1) is 11.3 Å². The Bertz CT molecular complexity index is 747. The lowest BCUT2D eigenvalue weighted by Crippen LogP contribution is -2.28. The lowest BCUT2D eigenvalue weighted by atomic mass is 10.1. The quantitative estimate of drug-likeness (QED) is 0.748. The largest absolute Gasteiger partial charge is 0.326 e. The number of hydrogen-bond acceptors (Lipinski definition) is 5. The Hall–Kier alpha value is -2.32. The molecule has 2 rings (SSSR count). The zero-order valence-corrected chi connectivity index (χ0v) is 14.5. The molecule has 0 spiro atoms. The van der Waals surface area contributed by atoms with Crippen LogP contribution in [-0.2, 0) is 9.59 Å². The molecule has 0 fully saturated rings. The first kappa shape index (κ1) is 18.0. The van der Waals surface area contributed by atoms with Crippen molar-refractivity contribution < 1.29 is 14.0 Å². The van der Waals surface area contributed by atoms with Crippen molar-refractivity contribution in [2.75, 3.05) is 24.2 Å². The molecule has 8 heteroatoms. The van der Waals surface area contributed by atoms with Crippen molar-refractivity contribution in [3.63, 3.8) is 0 Å². The fraction of sp³-hybridized carbons (Fsp3) is 0.312. The van der Waals surface area contributed by atoms with E-state index in [9.17, 15) is 14.0 Å². The zero-order chi connectivity index (χ0) is 17.7. The first-order chi connectivity index (χ1) is 11.4. The van der Waals surface area contributed by atoms with Crippen LogP contribution >= 0.6 is 11.3 Å². The van der Waals surface area contributed by atoms with E-state index in [0.717, 1.165) is 0 Å². The summed E-state index contributed by atoms with van der Waals surface area (Å²) in [5, 5.41) is 10.3. The second-order valence-electron chi connectivity index (χ2n) is 5.36. The molecule has 0 aliphatic rings. The third-order valence-corrected chi connectivity index (χ3v) is 4.02. The topological polar surface area (TPSA) is 83.1 Å².